The van der Waals surface area contributed by atoms with E-state index < -0.39 is 11.9 Å². The first-order chi connectivity index (χ1) is 7.07. The van der Waals surface area contributed by atoms with Gasteiger partial charge in [0.1, 0.15) is 11.9 Å². The molecule has 2 unspecified atom stereocenters. The average Bonchev–Trinajstić information content (AvgIpc) is 2.64. The van der Waals surface area contributed by atoms with Crippen LogP contribution in [0.1, 0.15) is 32.1 Å². The summed E-state index contributed by atoms with van der Waals surface area (Å²) in [6.07, 6.45) is 5.44. The number of aryl methyl sites for hydroxylation is 1. The minimum absolute atomic E-state index is 0.147. The summed E-state index contributed by atoms with van der Waals surface area (Å²) in [6, 6.07) is -0.818. The van der Waals surface area contributed by atoms with Crippen LogP contribution in [0.2, 0.25) is 0 Å². The van der Waals surface area contributed by atoms with Crippen LogP contribution < -0.4 is 11.5 Å². The number of primary amides is 1. The monoisotopic (exact) mass is 210 g/mol. The molecule has 4 N–H and O–H groups in total. The largest absolute Gasteiger partial charge is 0.368 e. The van der Waals surface area contributed by atoms with Crippen LogP contribution in [-0.4, -0.2) is 21.5 Å². The molecule has 1 aromatic rings. The van der Waals surface area contributed by atoms with Crippen molar-refractivity contribution in [1.82, 2.24) is 9.55 Å². The lowest BCUT2D eigenvalue weighted by molar-refractivity contribution is -0.120. The summed E-state index contributed by atoms with van der Waals surface area (Å²) in [5.41, 5.74) is 10.9. The van der Waals surface area contributed by atoms with E-state index in [2.05, 4.69) is 11.9 Å². The van der Waals surface area contributed by atoms with E-state index in [1.165, 1.54) is 0 Å². The van der Waals surface area contributed by atoms with Crippen LogP contribution >= 0.6 is 0 Å². The van der Waals surface area contributed by atoms with Gasteiger partial charge in [-0.3, -0.25) is 4.79 Å². The van der Waals surface area contributed by atoms with Crippen LogP contribution in [0.15, 0.2) is 12.4 Å². The van der Waals surface area contributed by atoms with Crippen molar-refractivity contribution in [2.45, 2.75) is 38.8 Å². The molecule has 0 fully saturated rings. The van der Waals surface area contributed by atoms with Gasteiger partial charge in [-0.15, -0.1) is 0 Å². The molecule has 15 heavy (non-hydrogen) atoms. The molecule has 0 saturated heterocycles. The van der Waals surface area contributed by atoms with Crippen LogP contribution in [0.4, 0.5) is 0 Å². The fourth-order valence-corrected chi connectivity index (χ4v) is 1.54. The lowest BCUT2D eigenvalue weighted by Crippen LogP contribution is -2.42. The van der Waals surface area contributed by atoms with Gasteiger partial charge in [-0.2, -0.15) is 0 Å². The minimum Gasteiger partial charge on any atom is -0.368 e. The van der Waals surface area contributed by atoms with Crippen molar-refractivity contribution < 1.29 is 4.79 Å². The molecule has 0 spiro atoms. The van der Waals surface area contributed by atoms with Gasteiger partial charge < -0.3 is 16.0 Å². The van der Waals surface area contributed by atoms with Crippen LogP contribution in [0.5, 0.6) is 0 Å². The maximum absolute atomic E-state index is 11.0. The maximum atomic E-state index is 11.0. The number of amides is 1. The van der Waals surface area contributed by atoms with Crippen molar-refractivity contribution in [3.05, 3.63) is 18.2 Å². The summed E-state index contributed by atoms with van der Waals surface area (Å²) >= 11 is 0. The molecule has 0 aliphatic carbocycles. The smallest absolute Gasteiger partial charge is 0.236 e. The Bertz CT molecular complexity index is 334. The standard InChI is InChI=1S/C10H18N4O/c1-3-4-8-13-5-6-14(8)7(2)9(11)10(12)15/h5-7,9H,3-4,11H2,1-2H3,(H2,12,15). The van der Waals surface area contributed by atoms with Gasteiger partial charge in [0.2, 0.25) is 5.91 Å². The molecule has 1 amide bonds. The highest BCUT2D eigenvalue weighted by Gasteiger charge is 2.21. The van der Waals surface area contributed by atoms with Crippen molar-refractivity contribution in [3.8, 4) is 0 Å². The predicted molar refractivity (Wildman–Crippen MR) is 58.1 cm³/mol. The summed E-state index contributed by atoms with van der Waals surface area (Å²) in [5, 5.41) is 0. The number of imidazole rings is 1. The molecule has 0 radical (unpaired) electrons. The van der Waals surface area contributed by atoms with Crippen LogP contribution in [0, 0.1) is 0 Å². The number of hydrogen-bond acceptors (Lipinski definition) is 3. The predicted octanol–water partition coefficient (Wildman–Crippen LogP) is 0.209. The molecule has 0 aliphatic heterocycles. The highest BCUT2D eigenvalue weighted by molar-refractivity contribution is 5.80. The maximum Gasteiger partial charge on any atom is 0.236 e. The highest BCUT2D eigenvalue weighted by Crippen LogP contribution is 2.13. The van der Waals surface area contributed by atoms with E-state index in [4.69, 9.17) is 11.5 Å². The first-order valence-electron chi connectivity index (χ1n) is 5.14. The number of carbonyl (C=O) groups is 1. The Morgan fingerprint density at radius 1 is 1.67 bits per heavy atom. The van der Waals surface area contributed by atoms with Crippen molar-refractivity contribution in [2.24, 2.45) is 11.5 Å². The summed E-state index contributed by atoms with van der Waals surface area (Å²) in [6.45, 7) is 3.95. The third-order valence-corrected chi connectivity index (χ3v) is 2.51. The van der Waals surface area contributed by atoms with Crippen molar-refractivity contribution in [2.75, 3.05) is 0 Å². The number of carbonyl (C=O) groups excluding carboxylic acids is 1. The van der Waals surface area contributed by atoms with Gasteiger partial charge in [0.15, 0.2) is 0 Å². The van der Waals surface area contributed by atoms with E-state index in [-0.39, 0.29) is 6.04 Å². The Morgan fingerprint density at radius 3 is 2.87 bits per heavy atom. The normalized spacial score (nSPS) is 14.9. The molecule has 1 rings (SSSR count). The topological polar surface area (TPSA) is 86.9 Å². The lowest BCUT2D eigenvalue weighted by atomic mass is 10.1. The van der Waals surface area contributed by atoms with E-state index in [0.717, 1.165) is 18.7 Å². The zero-order valence-electron chi connectivity index (χ0n) is 9.18. The van der Waals surface area contributed by atoms with Gasteiger partial charge in [-0.25, -0.2) is 4.98 Å². The molecule has 5 nitrogen and oxygen atoms in total. The van der Waals surface area contributed by atoms with Gasteiger partial charge in [0, 0.05) is 18.8 Å². The van der Waals surface area contributed by atoms with Gasteiger partial charge in [-0.05, 0) is 13.3 Å². The molecule has 0 saturated carbocycles. The first kappa shape index (κ1) is 11.7. The van der Waals surface area contributed by atoms with Crippen molar-refractivity contribution >= 4 is 5.91 Å². The summed E-state index contributed by atoms with van der Waals surface area (Å²) in [5.74, 6) is 0.459. The van der Waals surface area contributed by atoms with Crippen LogP contribution in [0.3, 0.4) is 0 Å². The third kappa shape index (κ3) is 2.56. The van der Waals surface area contributed by atoms with Crippen molar-refractivity contribution in [1.29, 1.82) is 0 Å². The molecule has 84 valence electrons. The number of nitrogens with two attached hydrogens (primary N) is 2. The van der Waals surface area contributed by atoms with Gasteiger partial charge in [0.25, 0.3) is 0 Å². The van der Waals surface area contributed by atoms with Crippen LogP contribution in [0.25, 0.3) is 0 Å². The molecule has 5 heteroatoms. The summed E-state index contributed by atoms with van der Waals surface area (Å²) in [7, 11) is 0. The number of nitrogens with zero attached hydrogens (tertiary/aromatic N) is 2. The second kappa shape index (κ2) is 4.93. The second-order valence-electron chi connectivity index (χ2n) is 3.67. The summed E-state index contributed by atoms with van der Waals surface area (Å²) < 4.78 is 1.92. The molecule has 1 aromatic heterocycles. The van der Waals surface area contributed by atoms with Gasteiger partial charge in [-0.1, -0.05) is 6.92 Å². The van der Waals surface area contributed by atoms with E-state index in [9.17, 15) is 4.79 Å². The lowest BCUT2D eigenvalue weighted by Gasteiger charge is -2.20. The highest BCUT2D eigenvalue weighted by atomic mass is 16.1. The van der Waals surface area contributed by atoms with Crippen molar-refractivity contribution in [3.63, 3.8) is 0 Å². The Hall–Kier alpha value is -1.36. The summed E-state index contributed by atoms with van der Waals surface area (Å²) in [4.78, 5) is 15.2. The molecular weight excluding hydrogens is 192 g/mol. The molecular formula is C10H18N4O. The Balaban J connectivity index is 2.85. The number of hydrogen-bond donors (Lipinski definition) is 2. The van der Waals surface area contributed by atoms with Gasteiger partial charge in [0.05, 0.1) is 6.04 Å². The molecule has 0 aromatic carbocycles. The number of rotatable bonds is 5. The molecule has 0 aliphatic rings. The van der Waals surface area contributed by atoms with Gasteiger partial charge >= 0.3 is 0 Å². The second-order valence-corrected chi connectivity index (χ2v) is 3.67. The average molecular weight is 210 g/mol. The fourth-order valence-electron chi connectivity index (χ4n) is 1.54. The SMILES string of the molecule is CCCc1nccn1C(C)C(N)C(N)=O. The molecule has 1 heterocycles. The quantitative estimate of drug-likeness (QED) is 0.728. The first-order valence-corrected chi connectivity index (χ1v) is 5.14. The van der Waals surface area contributed by atoms with E-state index in [0.29, 0.717) is 0 Å². The Morgan fingerprint density at radius 2 is 2.33 bits per heavy atom. The Kier molecular flexibility index (Phi) is 3.85. The number of aromatic nitrogens is 2. The van der Waals surface area contributed by atoms with Crippen LogP contribution in [-0.2, 0) is 11.2 Å². The fraction of sp³-hybridized carbons (Fsp3) is 0.600. The minimum atomic E-state index is -0.671. The van der Waals surface area contributed by atoms with E-state index >= 15 is 0 Å². The van der Waals surface area contributed by atoms with E-state index in [1.54, 1.807) is 6.20 Å². The zero-order chi connectivity index (χ0) is 11.4. The van der Waals surface area contributed by atoms with E-state index in [1.807, 2.05) is 17.7 Å². The molecule has 0 bridgehead atoms. The molecule has 2 atom stereocenters. The third-order valence-electron chi connectivity index (χ3n) is 2.51. The zero-order valence-corrected chi connectivity index (χ0v) is 9.18. The Labute approximate surface area is 89.5 Å².